The molecule has 3 atom stereocenters. The first kappa shape index (κ1) is 23.0. The number of nitriles is 1. The second-order valence-electron chi connectivity index (χ2n) is 10.2. The Kier molecular flexibility index (Phi) is 5.79. The lowest BCUT2D eigenvalue weighted by Gasteiger charge is -2.47. The quantitative estimate of drug-likeness (QED) is 0.603. The molecule has 0 N–H and O–H groups in total. The van der Waals surface area contributed by atoms with E-state index >= 15 is 0 Å². The van der Waals surface area contributed by atoms with E-state index in [1.165, 1.54) is 0 Å². The highest BCUT2D eigenvalue weighted by molar-refractivity contribution is 5.89. The molecule has 33 heavy (non-hydrogen) atoms. The van der Waals surface area contributed by atoms with Crippen LogP contribution >= 0.6 is 0 Å². The van der Waals surface area contributed by atoms with Gasteiger partial charge in [-0.3, -0.25) is 9.69 Å². The topological polar surface area (TPSA) is 91.2 Å². The van der Waals surface area contributed by atoms with Crippen LogP contribution in [0.15, 0.2) is 33.6 Å². The van der Waals surface area contributed by atoms with Gasteiger partial charge in [-0.25, -0.2) is 4.98 Å². The van der Waals surface area contributed by atoms with Gasteiger partial charge in [0.15, 0.2) is 0 Å². The van der Waals surface area contributed by atoms with Gasteiger partial charge in [0.05, 0.1) is 17.2 Å². The van der Waals surface area contributed by atoms with E-state index in [4.69, 9.17) is 4.52 Å². The Hall–Kier alpha value is -3.18. The van der Waals surface area contributed by atoms with Crippen molar-refractivity contribution in [3.8, 4) is 6.07 Å². The first-order valence-corrected chi connectivity index (χ1v) is 11.4. The van der Waals surface area contributed by atoms with Gasteiger partial charge in [0.1, 0.15) is 28.7 Å². The first-order chi connectivity index (χ1) is 15.5. The number of anilines is 1. The molecule has 8 nitrogen and oxygen atoms in total. The van der Waals surface area contributed by atoms with Crippen molar-refractivity contribution < 1.29 is 4.52 Å². The van der Waals surface area contributed by atoms with Crippen LogP contribution in [-0.4, -0.2) is 44.8 Å². The van der Waals surface area contributed by atoms with Crippen molar-refractivity contribution >= 4 is 16.7 Å². The fourth-order valence-electron chi connectivity index (χ4n) is 4.63. The zero-order chi connectivity index (χ0) is 24.1. The molecule has 3 aromatic heterocycles. The van der Waals surface area contributed by atoms with Gasteiger partial charge in [-0.15, -0.1) is 0 Å². The molecule has 1 aliphatic heterocycles. The molecular formula is C25H32N6O2. The van der Waals surface area contributed by atoms with Crippen LogP contribution in [0, 0.1) is 11.3 Å². The van der Waals surface area contributed by atoms with Gasteiger partial charge in [0.2, 0.25) is 0 Å². The Labute approximate surface area is 194 Å². The fraction of sp³-hybridized carbons (Fsp3) is 0.520. The number of hydrogen-bond acceptors (Lipinski definition) is 7. The first-order valence-electron chi connectivity index (χ1n) is 11.4. The maximum Gasteiger partial charge on any atom is 0.252 e. The highest BCUT2D eigenvalue weighted by Crippen LogP contribution is 2.33. The van der Waals surface area contributed by atoms with E-state index in [1.54, 1.807) is 29.8 Å². The summed E-state index contributed by atoms with van der Waals surface area (Å²) in [5, 5.41) is 13.7. The second-order valence-corrected chi connectivity index (χ2v) is 10.2. The predicted octanol–water partition coefficient (Wildman–Crippen LogP) is 3.75. The third-order valence-corrected chi connectivity index (χ3v) is 6.72. The lowest BCUT2D eigenvalue weighted by molar-refractivity contribution is 0.115. The minimum Gasteiger partial charge on any atom is -0.364 e. The van der Waals surface area contributed by atoms with Crippen molar-refractivity contribution in [2.24, 2.45) is 7.05 Å². The van der Waals surface area contributed by atoms with E-state index in [2.05, 4.69) is 73.6 Å². The number of aryl methyl sites for hydroxylation is 1. The number of hydrogen-bond donors (Lipinski definition) is 0. The van der Waals surface area contributed by atoms with Crippen molar-refractivity contribution in [3.63, 3.8) is 0 Å². The molecule has 0 radical (unpaired) electrons. The van der Waals surface area contributed by atoms with Crippen LogP contribution in [0.3, 0.4) is 0 Å². The van der Waals surface area contributed by atoms with Gasteiger partial charge in [-0.1, -0.05) is 25.9 Å². The molecule has 8 heteroatoms. The lowest BCUT2D eigenvalue weighted by Crippen LogP contribution is -2.57. The number of fused-ring (bicyclic) bond motifs is 1. The maximum absolute atomic E-state index is 12.7. The van der Waals surface area contributed by atoms with Gasteiger partial charge in [0, 0.05) is 49.8 Å². The number of pyridine rings is 2. The summed E-state index contributed by atoms with van der Waals surface area (Å²) in [4.78, 5) is 21.9. The van der Waals surface area contributed by atoms with Crippen LogP contribution in [0.25, 0.3) is 11.0 Å². The van der Waals surface area contributed by atoms with Gasteiger partial charge in [-0.05, 0) is 32.9 Å². The Balaban J connectivity index is 1.66. The zero-order valence-corrected chi connectivity index (χ0v) is 20.5. The Morgan fingerprint density at radius 1 is 1.18 bits per heavy atom. The molecular weight excluding hydrogens is 416 g/mol. The summed E-state index contributed by atoms with van der Waals surface area (Å²) in [6.45, 7) is 14.4. The summed E-state index contributed by atoms with van der Waals surface area (Å²) in [6, 6.07) is 9.74. The minimum atomic E-state index is -0.0861. The molecule has 1 aliphatic rings. The molecule has 1 saturated heterocycles. The van der Waals surface area contributed by atoms with E-state index < -0.39 is 0 Å². The molecule has 3 aromatic rings. The fourth-order valence-corrected chi connectivity index (χ4v) is 4.63. The monoisotopic (exact) mass is 448 g/mol. The predicted molar refractivity (Wildman–Crippen MR) is 128 cm³/mol. The highest BCUT2D eigenvalue weighted by Gasteiger charge is 2.35. The molecule has 174 valence electrons. The smallest absolute Gasteiger partial charge is 0.252 e. The number of piperazine rings is 1. The van der Waals surface area contributed by atoms with Gasteiger partial charge < -0.3 is 14.0 Å². The second kappa shape index (κ2) is 8.31. The Morgan fingerprint density at radius 3 is 2.55 bits per heavy atom. The third kappa shape index (κ3) is 4.13. The molecule has 2 unspecified atom stereocenters. The van der Waals surface area contributed by atoms with Crippen molar-refractivity contribution in [2.75, 3.05) is 18.0 Å². The molecule has 1 fully saturated rings. The summed E-state index contributed by atoms with van der Waals surface area (Å²) < 4.78 is 7.21. The minimum absolute atomic E-state index is 0.0849. The summed E-state index contributed by atoms with van der Waals surface area (Å²) in [6.07, 6.45) is 0. The molecule has 4 heterocycles. The molecule has 0 saturated carbocycles. The molecule has 0 aromatic carbocycles. The van der Waals surface area contributed by atoms with E-state index in [0.29, 0.717) is 11.2 Å². The van der Waals surface area contributed by atoms with E-state index in [0.717, 1.165) is 35.7 Å². The summed E-state index contributed by atoms with van der Waals surface area (Å²) in [7, 11) is 1.73. The summed E-state index contributed by atoms with van der Waals surface area (Å²) in [5.41, 5.74) is 3.30. The van der Waals surface area contributed by atoms with Crippen LogP contribution in [-0.2, 0) is 12.5 Å². The molecule has 0 aliphatic carbocycles. The van der Waals surface area contributed by atoms with Crippen molar-refractivity contribution in [1.82, 2.24) is 19.6 Å². The number of nitrogens with zero attached hydrogens (tertiary/aromatic N) is 6. The largest absolute Gasteiger partial charge is 0.364 e. The summed E-state index contributed by atoms with van der Waals surface area (Å²) >= 11 is 0. The van der Waals surface area contributed by atoms with Crippen molar-refractivity contribution in [2.45, 2.75) is 65.1 Å². The number of rotatable bonds is 3. The average Bonchev–Trinajstić information content (AvgIpc) is 3.28. The SMILES string of the molecule is CC1CN(c2cc(=O)n(C)c3ccc(C#N)nc23)[C@@H](C)CN1C(C)c1cc(C(C)(C)C)on1. The van der Waals surface area contributed by atoms with Crippen LogP contribution in [0.1, 0.15) is 64.7 Å². The lowest BCUT2D eigenvalue weighted by atomic mass is 9.92. The van der Waals surface area contributed by atoms with Crippen molar-refractivity contribution in [1.29, 1.82) is 5.26 Å². The Bertz CT molecular complexity index is 1280. The summed E-state index contributed by atoms with van der Waals surface area (Å²) in [5.74, 6) is 0.884. The molecule has 0 bridgehead atoms. The maximum atomic E-state index is 12.7. The number of aromatic nitrogens is 3. The van der Waals surface area contributed by atoms with Crippen LogP contribution in [0.5, 0.6) is 0 Å². The molecule has 4 rings (SSSR count). The molecule has 0 spiro atoms. The van der Waals surface area contributed by atoms with Gasteiger partial charge >= 0.3 is 0 Å². The van der Waals surface area contributed by atoms with E-state index in [1.807, 2.05) is 0 Å². The third-order valence-electron chi connectivity index (χ3n) is 6.72. The normalized spacial score (nSPS) is 20.7. The van der Waals surface area contributed by atoms with Crippen LogP contribution in [0.4, 0.5) is 5.69 Å². The van der Waals surface area contributed by atoms with Gasteiger partial charge in [-0.2, -0.15) is 5.26 Å². The standard InChI is InChI=1S/C25H32N6O2/c1-15-14-31(21-11-23(32)29(7)20-9-8-18(12-26)27-24(20)21)16(2)13-30(15)17(3)19-10-22(33-28-19)25(4,5)6/h8-11,15-17H,13-14H2,1-7H3/t15?,16-,17?/m0/s1. The van der Waals surface area contributed by atoms with Crippen LogP contribution in [0.2, 0.25) is 0 Å². The van der Waals surface area contributed by atoms with Gasteiger partial charge in [0.25, 0.3) is 5.56 Å². The van der Waals surface area contributed by atoms with Crippen molar-refractivity contribution in [3.05, 3.63) is 51.8 Å². The average molecular weight is 449 g/mol. The van der Waals surface area contributed by atoms with Crippen LogP contribution < -0.4 is 10.5 Å². The highest BCUT2D eigenvalue weighted by atomic mass is 16.5. The van der Waals surface area contributed by atoms with E-state index in [-0.39, 0.29) is 29.1 Å². The Morgan fingerprint density at radius 2 is 1.91 bits per heavy atom. The zero-order valence-electron chi connectivity index (χ0n) is 20.5. The molecule has 0 amide bonds. The van der Waals surface area contributed by atoms with E-state index in [9.17, 15) is 10.1 Å².